The van der Waals surface area contributed by atoms with Gasteiger partial charge in [-0.2, -0.15) is 15.1 Å². The van der Waals surface area contributed by atoms with Crippen LogP contribution in [0.1, 0.15) is 5.56 Å². The summed E-state index contributed by atoms with van der Waals surface area (Å²) < 4.78 is 7.11. The fourth-order valence-electron chi connectivity index (χ4n) is 3.24. The summed E-state index contributed by atoms with van der Waals surface area (Å²) in [5, 5.41) is 8.52. The lowest BCUT2D eigenvalue weighted by molar-refractivity contribution is 0.122. The second-order valence-electron chi connectivity index (χ2n) is 6.89. The number of imidazole rings is 1. The van der Waals surface area contributed by atoms with Gasteiger partial charge in [-0.1, -0.05) is 23.7 Å². The van der Waals surface area contributed by atoms with Gasteiger partial charge in [0.25, 0.3) is 0 Å². The van der Waals surface area contributed by atoms with Crippen molar-refractivity contribution in [2.75, 3.05) is 36.5 Å². The van der Waals surface area contributed by atoms with E-state index in [9.17, 15) is 0 Å². The molecule has 0 amide bonds. The number of hydrogen-bond donors (Lipinski definition) is 1. The van der Waals surface area contributed by atoms with Crippen molar-refractivity contribution >= 4 is 46.4 Å². The monoisotopic (exact) mass is 434 g/mol. The number of hydrogen-bond acceptors (Lipinski definition) is 8. The van der Waals surface area contributed by atoms with Crippen LogP contribution in [-0.2, 0) is 4.74 Å². The summed E-state index contributed by atoms with van der Waals surface area (Å²) in [6.07, 6.45) is 6.79. The van der Waals surface area contributed by atoms with Crippen LogP contribution in [0.25, 0.3) is 11.2 Å². The van der Waals surface area contributed by atoms with Crippen molar-refractivity contribution in [2.45, 2.75) is 0 Å². The molecule has 0 spiro atoms. The van der Waals surface area contributed by atoms with Gasteiger partial charge in [0.2, 0.25) is 5.95 Å². The van der Waals surface area contributed by atoms with Crippen LogP contribution in [0.15, 0.2) is 60.2 Å². The van der Waals surface area contributed by atoms with Crippen molar-refractivity contribution in [1.29, 1.82) is 0 Å². The molecule has 9 nitrogen and oxygen atoms in total. The molecule has 4 aromatic rings. The fourth-order valence-corrected chi connectivity index (χ4v) is 3.44. The number of halogens is 1. The van der Waals surface area contributed by atoms with Crippen LogP contribution < -0.4 is 10.2 Å². The summed E-state index contributed by atoms with van der Waals surface area (Å²) in [5.41, 5.74) is 2.97. The number of morpholine rings is 1. The minimum absolute atomic E-state index is 0.603. The summed E-state index contributed by atoms with van der Waals surface area (Å²) in [7, 11) is 0. The fraction of sp³-hybridized carbons (Fsp3) is 0.190. The van der Waals surface area contributed by atoms with E-state index in [1.54, 1.807) is 29.6 Å². The van der Waals surface area contributed by atoms with Gasteiger partial charge in [0, 0.05) is 36.2 Å². The van der Waals surface area contributed by atoms with Gasteiger partial charge in [0.15, 0.2) is 17.0 Å². The van der Waals surface area contributed by atoms with E-state index in [0.29, 0.717) is 41.2 Å². The molecule has 3 aromatic heterocycles. The molecule has 1 saturated heterocycles. The van der Waals surface area contributed by atoms with E-state index in [1.165, 1.54) is 0 Å². The highest BCUT2D eigenvalue weighted by molar-refractivity contribution is 6.30. The lowest BCUT2D eigenvalue weighted by atomic mass is 10.2. The average molecular weight is 435 g/mol. The topological polar surface area (TPSA) is 93.4 Å². The van der Waals surface area contributed by atoms with Crippen LogP contribution in [0.2, 0.25) is 5.02 Å². The smallest absolute Gasteiger partial charge is 0.229 e. The first kappa shape index (κ1) is 19.4. The molecule has 0 radical (unpaired) electrons. The Bertz CT molecular complexity index is 1220. The molecule has 31 heavy (non-hydrogen) atoms. The zero-order chi connectivity index (χ0) is 21.0. The molecule has 0 bridgehead atoms. The summed E-state index contributed by atoms with van der Waals surface area (Å²) in [4.78, 5) is 20.2. The molecule has 0 atom stereocenters. The number of anilines is 3. The standard InChI is InChI=1S/C21H19ClN8O/c22-16-3-1-2-15(12-16)13-25-30-14-24-18-19(26-17-4-6-23-7-5-17)27-21(28-20(18)30)29-8-10-31-11-9-29/h1-7,12-14H,8-11H2,(H,23,26,27,28). The third kappa shape index (κ3) is 4.32. The van der Waals surface area contributed by atoms with Crippen LogP contribution in [0, 0.1) is 0 Å². The van der Waals surface area contributed by atoms with Crippen LogP contribution in [0.4, 0.5) is 17.5 Å². The lowest BCUT2D eigenvalue weighted by Gasteiger charge is -2.27. The Hall–Kier alpha value is -3.56. The van der Waals surface area contributed by atoms with Crippen LogP contribution in [0.5, 0.6) is 0 Å². The number of benzene rings is 1. The number of nitrogens with zero attached hydrogens (tertiary/aromatic N) is 7. The highest BCUT2D eigenvalue weighted by Gasteiger charge is 2.19. The summed E-state index contributed by atoms with van der Waals surface area (Å²) in [6, 6.07) is 11.2. The van der Waals surface area contributed by atoms with E-state index < -0.39 is 0 Å². The van der Waals surface area contributed by atoms with E-state index in [1.807, 2.05) is 36.4 Å². The van der Waals surface area contributed by atoms with Gasteiger partial charge in [0.1, 0.15) is 6.33 Å². The maximum Gasteiger partial charge on any atom is 0.229 e. The molecule has 1 fully saturated rings. The Labute approximate surface area is 183 Å². The van der Waals surface area contributed by atoms with Crippen molar-refractivity contribution in [1.82, 2.24) is 24.6 Å². The molecule has 0 unspecified atom stereocenters. The SMILES string of the molecule is Clc1cccc(C=Nn2cnc3c(Nc4ccncc4)nc(N4CCOCC4)nc32)c1. The van der Waals surface area contributed by atoms with E-state index in [-0.39, 0.29) is 0 Å². The lowest BCUT2D eigenvalue weighted by Crippen LogP contribution is -2.37. The predicted octanol–water partition coefficient (Wildman–Crippen LogP) is 3.34. The molecule has 10 heteroatoms. The van der Waals surface area contributed by atoms with E-state index in [0.717, 1.165) is 24.3 Å². The van der Waals surface area contributed by atoms with Crippen molar-refractivity contribution in [3.8, 4) is 0 Å². The molecule has 0 saturated carbocycles. The minimum atomic E-state index is 0.603. The first-order chi connectivity index (χ1) is 15.3. The molecular weight excluding hydrogens is 416 g/mol. The van der Waals surface area contributed by atoms with E-state index in [2.05, 4.69) is 25.3 Å². The molecule has 4 heterocycles. The maximum absolute atomic E-state index is 6.08. The predicted molar refractivity (Wildman–Crippen MR) is 120 cm³/mol. The van der Waals surface area contributed by atoms with Crippen molar-refractivity contribution in [3.05, 3.63) is 65.7 Å². The minimum Gasteiger partial charge on any atom is -0.378 e. The maximum atomic E-state index is 6.08. The van der Waals surface area contributed by atoms with E-state index in [4.69, 9.17) is 26.3 Å². The quantitative estimate of drug-likeness (QED) is 0.481. The molecule has 156 valence electrons. The highest BCUT2D eigenvalue weighted by Crippen LogP contribution is 2.26. The van der Waals surface area contributed by atoms with Gasteiger partial charge in [-0.3, -0.25) is 4.98 Å². The zero-order valence-electron chi connectivity index (χ0n) is 16.5. The van der Waals surface area contributed by atoms with Gasteiger partial charge in [-0.05, 0) is 29.8 Å². The second kappa shape index (κ2) is 8.66. The van der Waals surface area contributed by atoms with Crippen LogP contribution in [-0.4, -0.2) is 57.1 Å². The number of nitrogens with one attached hydrogen (secondary N) is 1. The molecular formula is C21H19ClN8O. The van der Waals surface area contributed by atoms with E-state index >= 15 is 0 Å². The molecule has 5 rings (SSSR count). The van der Waals surface area contributed by atoms with Crippen LogP contribution in [0.3, 0.4) is 0 Å². The zero-order valence-corrected chi connectivity index (χ0v) is 17.3. The number of ether oxygens (including phenoxy) is 1. The Morgan fingerprint density at radius 2 is 1.94 bits per heavy atom. The number of rotatable bonds is 5. The first-order valence-electron chi connectivity index (χ1n) is 9.81. The largest absolute Gasteiger partial charge is 0.378 e. The molecule has 1 aliphatic rings. The number of aromatic nitrogens is 5. The van der Waals surface area contributed by atoms with Gasteiger partial charge >= 0.3 is 0 Å². The Balaban J connectivity index is 1.56. The second-order valence-corrected chi connectivity index (χ2v) is 7.33. The molecule has 1 aromatic carbocycles. The summed E-state index contributed by atoms with van der Waals surface area (Å²) >= 11 is 6.08. The average Bonchev–Trinajstić information content (AvgIpc) is 3.22. The number of pyridine rings is 1. The third-order valence-electron chi connectivity index (χ3n) is 4.78. The third-order valence-corrected chi connectivity index (χ3v) is 5.02. The van der Waals surface area contributed by atoms with Crippen molar-refractivity contribution in [3.63, 3.8) is 0 Å². The van der Waals surface area contributed by atoms with Gasteiger partial charge in [-0.15, -0.1) is 0 Å². The molecule has 1 aliphatic heterocycles. The van der Waals surface area contributed by atoms with Gasteiger partial charge < -0.3 is 15.0 Å². The Morgan fingerprint density at radius 3 is 2.74 bits per heavy atom. The summed E-state index contributed by atoms with van der Waals surface area (Å²) in [6.45, 7) is 2.72. The van der Waals surface area contributed by atoms with Crippen LogP contribution >= 0.6 is 11.6 Å². The van der Waals surface area contributed by atoms with Crippen molar-refractivity contribution < 1.29 is 4.74 Å². The molecule has 1 N–H and O–H groups in total. The Kier molecular flexibility index (Phi) is 5.42. The summed E-state index contributed by atoms with van der Waals surface area (Å²) in [5.74, 6) is 1.21. The normalized spacial score (nSPS) is 14.4. The van der Waals surface area contributed by atoms with Gasteiger partial charge in [0.05, 0.1) is 19.4 Å². The number of fused-ring (bicyclic) bond motifs is 1. The highest BCUT2D eigenvalue weighted by atomic mass is 35.5. The molecule has 0 aliphatic carbocycles. The Morgan fingerprint density at radius 1 is 1.10 bits per heavy atom. The van der Waals surface area contributed by atoms with Crippen molar-refractivity contribution in [2.24, 2.45) is 5.10 Å². The van der Waals surface area contributed by atoms with Gasteiger partial charge in [-0.25, -0.2) is 9.66 Å². The first-order valence-corrected chi connectivity index (χ1v) is 10.2.